The average Bonchev–Trinajstić information content (AvgIpc) is 2.44. The summed E-state index contributed by atoms with van der Waals surface area (Å²) >= 11 is 6.06. The molecule has 8 heteroatoms. The third kappa shape index (κ3) is 1.83. The third-order valence-corrected chi connectivity index (χ3v) is 5.05. The number of hydrogen-bond donors (Lipinski definition) is 2. The van der Waals surface area contributed by atoms with E-state index in [1.165, 1.54) is 12.2 Å². The molecule has 0 bridgehead atoms. The van der Waals surface area contributed by atoms with Crippen LogP contribution in [0.3, 0.4) is 0 Å². The lowest BCUT2D eigenvalue weighted by Gasteiger charge is -2.34. The number of hydrogen-bond acceptors (Lipinski definition) is 6. The molecule has 0 radical (unpaired) electrons. The number of carbonyl (C=O) groups is 4. The highest BCUT2D eigenvalue weighted by atomic mass is 79.9. The van der Waals surface area contributed by atoms with Crippen molar-refractivity contribution in [3.05, 3.63) is 43.7 Å². The fourth-order valence-electron chi connectivity index (χ4n) is 2.82. The van der Waals surface area contributed by atoms with Crippen LogP contribution in [-0.2, 0) is 19.2 Å². The zero-order chi connectivity index (χ0) is 16.3. The van der Waals surface area contributed by atoms with Gasteiger partial charge in [0.1, 0.15) is 11.8 Å². The van der Waals surface area contributed by atoms with E-state index >= 15 is 0 Å². The van der Waals surface area contributed by atoms with Gasteiger partial charge in [0.25, 0.3) is 0 Å². The Bertz CT molecular complexity index is 749. The second-order valence-electron chi connectivity index (χ2n) is 5.05. The van der Waals surface area contributed by atoms with Gasteiger partial charge in [-0.15, -0.1) is 0 Å². The van der Waals surface area contributed by atoms with Crippen molar-refractivity contribution in [1.29, 1.82) is 0 Å². The van der Waals surface area contributed by atoms with Crippen LogP contribution in [0.25, 0.3) is 0 Å². The summed E-state index contributed by atoms with van der Waals surface area (Å²) in [7, 11) is 0. The van der Waals surface area contributed by atoms with Gasteiger partial charge < -0.3 is 11.5 Å². The van der Waals surface area contributed by atoms with Gasteiger partial charge in [-0.25, -0.2) is 0 Å². The van der Waals surface area contributed by atoms with Crippen LogP contribution in [0.15, 0.2) is 43.7 Å². The van der Waals surface area contributed by atoms with Gasteiger partial charge in [-0.05, 0) is 44.0 Å². The Morgan fingerprint density at radius 2 is 1.00 bits per heavy atom. The van der Waals surface area contributed by atoms with Crippen LogP contribution in [0.5, 0.6) is 0 Å². The van der Waals surface area contributed by atoms with Gasteiger partial charge in [-0.2, -0.15) is 0 Å². The van der Waals surface area contributed by atoms with Crippen molar-refractivity contribution in [2.75, 3.05) is 0 Å². The minimum Gasteiger partial charge on any atom is -0.398 e. The van der Waals surface area contributed by atoms with E-state index in [-0.39, 0.29) is 31.5 Å². The van der Waals surface area contributed by atoms with E-state index in [0.29, 0.717) is 0 Å². The molecule has 0 heterocycles. The van der Waals surface area contributed by atoms with Crippen LogP contribution < -0.4 is 11.5 Å². The second kappa shape index (κ2) is 4.85. The lowest BCUT2D eigenvalue weighted by atomic mass is 9.66. The van der Waals surface area contributed by atoms with Gasteiger partial charge in [0.15, 0.2) is 23.1 Å². The maximum Gasteiger partial charge on any atom is 0.185 e. The Labute approximate surface area is 141 Å². The van der Waals surface area contributed by atoms with Crippen molar-refractivity contribution >= 4 is 55.0 Å². The minimum atomic E-state index is -1.34. The molecule has 2 unspecified atom stereocenters. The number of Topliss-reactive ketones (excluding diaryl/α,β-unsaturated/α-hetero) is 4. The summed E-state index contributed by atoms with van der Waals surface area (Å²) in [6.07, 6.45) is 2.55. The van der Waals surface area contributed by atoms with Crippen LogP contribution in [-0.4, -0.2) is 23.1 Å². The van der Waals surface area contributed by atoms with E-state index in [2.05, 4.69) is 31.9 Å². The van der Waals surface area contributed by atoms with Crippen LogP contribution in [0, 0.1) is 11.8 Å². The number of rotatable bonds is 0. The van der Waals surface area contributed by atoms with E-state index < -0.39 is 35.0 Å². The average molecular weight is 428 g/mol. The molecule has 1 fully saturated rings. The molecule has 3 rings (SSSR count). The summed E-state index contributed by atoms with van der Waals surface area (Å²) in [6.45, 7) is 0. The Morgan fingerprint density at radius 3 is 1.32 bits per heavy atom. The minimum absolute atomic E-state index is 0.00548. The van der Waals surface area contributed by atoms with E-state index in [4.69, 9.17) is 11.5 Å². The molecule has 0 spiro atoms. The molecule has 6 nitrogen and oxygen atoms in total. The van der Waals surface area contributed by atoms with Crippen molar-refractivity contribution in [1.82, 2.24) is 0 Å². The molecule has 0 saturated heterocycles. The van der Waals surface area contributed by atoms with Gasteiger partial charge in [-0.3, -0.25) is 19.2 Å². The summed E-state index contributed by atoms with van der Waals surface area (Å²) in [5.74, 6) is -5.12. The molecule has 22 heavy (non-hydrogen) atoms. The first-order chi connectivity index (χ1) is 10.3. The topological polar surface area (TPSA) is 120 Å². The first kappa shape index (κ1) is 15.1. The molecule has 112 valence electrons. The highest BCUT2D eigenvalue weighted by Gasteiger charge is 2.53. The van der Waals surface area contributed by atoms with Crippen LogP contribution in [0.1, 0.15) is 0 Å². The molecular weight excluding hydrogens is 420 g/mol. The number of fused-ring (bicyclic) bond motifs is 2. The molecule has 0 amide bonds. The number of carbonyl (C=O) groups excluding carboxylic acids is 4. The zero-order valence-electron chi connectivity index (χ0n) is 10.9. The quantitative estimate of drug-likeness (QED) is 0.543. The highest BCUT2D eigenvalue weighted by molar-refractivity contribution is 9.12. The van der Waals surface area contributed by atoms with Crippen LogP contribution >= 0.6 is 31.9 Å². The van der Waals surface area contributed by atoms with Crippen LogP contribution in [0.4, 0.5) is 0 Å². The zero-order valence-corrected chi connectivity index (χ0v) is 14.0. The molecular formula is C14H8Br2N2O4. The van der Waals surface area contributed by atoms with Gasteiger partial charge >= 0.3 is 0 Å². The molecule has 0 aliphatic heterocycles. The van der Waals surface area contributed by atoms with Crippen LogP contribution in [0.2, 0.25) is 0 Å². The predicted molar refractivity (Wildman–Crippen MR) is 83.5 cm³/mol. The largest absolute Gasteiger partial charge is 0.398 e. The predicted octanol–water partition coefficient (Wildman–Crippen LogP) is 0.519. The maximum absolute atomic E-state index is 12.7. The van der Waals surface area contributed by atoms with E-state index in [1.54, 1.807) is 0 Å². The van der Waals surface area contributed by atoms with Crippen molar-refractivity contribution < 1.29 is 19.2 Å². The maximum atomic E-state index is 12.7. The Kier molecular flexibility index (Phi) is 3.33. The van der Waals surface area contributed by atoms with Gasteiger partial charge in [0, 0.05) is 22.5 Å². The monoisotopic (exact) mass is 426 g/mol. The van der Waals surface area contributed by atoms with Crippen molar-refractivity contribution in [2.45, 2.75) is 0 Å². The molecule has 2 atom stereocenters. The van der Waals surface area contributed by atoms with Crippen molar-refractivity contribution in [3.63, 3.8) is 0 Å². The number of nitrogens with two attached hydrogens (primary N) is 2. The van der Waals surface area contributed by atoms with E-state index in [1.807, 2.05) is 0 Å². The van der Waals surface area contributed by atoms with E-state index in [9.17, 15) is 19.2 Å². The normalized spacial score (nSPS) is 28.5. The summed E-state index contributed by atoms with van der Waals surface area (Å²) in [6, 6.07) is 0. The Morgan fingerprint density at radius 1 is 0.682 bits per heavy atom. The lowest BCUT2D eigenvalue weighted by Crippen LogP contribution is -2.48. The SMILES string of the molecule is NC1=C2C(=O)C3C(=O)C(Br)=CC(N)=C3C(=O)C2C(=O)C(Br)=C1. The van der Waals surface area contributed by atoms with E-state index in [0.717, 1.165) is 0 Å². The fourth-order valence-corrected chi connectivity index (χ4v) is 3.77. The summed E-state index contributed by atoms with van der Waals surface area (Å²) in [5.41, 5.74) is 11.3. The lowest BCUT2D eigenvalue weighted by molar-refractivity contribution is -0.136. The molecule has 4 N–H and O–H groups in total. The smallest absolute Gasteiger partial charge is 0.185 e. The van der Waals surface area contributed by atoms with Gasteiger partial charge in [-0.1, -0.05) is 0 Å². The molecule has 1 saturated carbocycles. The van der Waals surface area contributed by atoms with Crippen molar-refractivity contribution in [2.24, 2.45) is 23.3 Å². The Hall–Kier alpha value is -1.80. The molecule has 3 aliphatic carbocycles. The van der Waals surface area contributed by atoms with Crippen molar-refractivity contribution in [3.8, 4) is 0 Å². The number of ketones is 4. The fraction of sp³-hybridized carbons (Fsp3) is 0.143. The molecule has 0 aromatic rings. The standard InChI is InChI=1S/C14H8Br2N2O4/c15-3-1-5(17)7-9(11(3)19)14(22)8-6(18)2-4(16)12(20)10(8)13(7)21/h1-2,9-10H,17-18H2. The first-order valence-corrected chi connectivity index (χ1v) is 7.74. The summed E-state index contributed by atoms with van der Waals surface area (Å²) in [5, 5.41) is 0. The second-order valence-corrected chi connectivity index (χ2v) is 6.75. The van der Waals surface area contributed by atoms with Gasteiger partial charge in [0.2, 0.25) is 0 Å². The molecule has 0 aromatic carbocycles. The highest BCUT2D eigenvalue weighted by Crippen LogP contribution is 2.42. The first-order valence-electron chi connectivity index (χ1n) is 6.16. The number of allylic oxidation sites excluding steroid dienone is 6. The summed E-state index contributed by atoms with van der Waals surface area (Å²) in [4.78, 5) is 49.8. The summed E-state index contributed by atoms with van der Waals surface area (Å²) < 4.78 is 0.216. The molecule has 3 aliphatic rings. The number of halogens is 2. The third-order valence-electron chi connectivity index (χ3n) is 3.81. The molecule has 0 aromatic heterocycles. The van der Waals surface area contributed by atoms with Gasteiger partial charge in [0.05, 0.1) is 8.96 Å². The Balaban J connectivity index is 2.30.